The van der Waals surface area contributed by atoms with E-state index in [2.05, 4.69) is 15.5 Å². The lowest BCUT2D eigenvalue weighted by Gasteiger charge is -2.16. The molecule has 8 heteroatoms. The van der Waals surface area contributed by atoms with Crippen LogP contribution in [0.1, 0.15) is 23.3 Å². The number of rotatable bonds is 4. The number of fused-ring (bicyclic) bond motifs is 1. The van der Waals surface area contributed by atoms with Gasteiger partial charge in [0.1, 0.15) is 0 Å². The highest BCUT2D eigenvalue weighted by molar-refractivity contribution is 5.91. The Kier molecular flexibility index (Phi) is 4.19. The summed E-state index contributed by atoms with van der Waals surface area (Å²) in [7, 11) is 0. The zero-order valence-corrected chi connectivity index (χ0v) is 13.7. The molecule has 3 heterocycles. The third-order valence-electron chi connectivity index (χ3n) is 4.51. The summed E-state index contributed by atoms with van der Waals surface area (Å²) in [6.45, 7) is 2.20. The number of aromatic nitrogens is 3. The minimum Gasteiger partial charge on any atom is -0.376 e. The highest BCUT2D eigenvalue weighted by Gasteiger charge is 2.27. The van der Waals surface area contributed by atoms with Gasteiger partial charge < -0.3 is 15.0 Å². The van der Waals surface area contributed by atoms with E-state index in [1.54, 1.807) is 0 Å². The third-order valence-corrected chi connectivity index (χ3v) is 4.51. The van der Waals surface area contributed by atoms with Gasteiger partial charge >= 0.3 is 0 Å². The molecule has 1 aromatic carbocycles. The van der Waals surface area contributed by atoms with Crippen molar-refractivity contribution >= 4 is 17.5 Å². The lowest BCUT2D eigenvalue weighted by molar-refractivity contribution is 0.0851. The summed E-state index contributed by atoms with van der Waals surface area (Å²) in [5, 5.41) is 10.7. The average molecular weight is 341 g/mol. The molecule has 1 amide bonds. The Hall–Kier alpha value is -2.74. The van der Waals surface area contributed by atoms with Gasteiger partial charge in [-0.15, -0.1) is 10.2 Å². The third kappa shape index (κ3) is 3.00. The Labute approximate surface area is 144 Å². The molecule has 0 aliphatic carbocycles. The van der Waals surface area contributed by atoms with Crippen molar-refractivity contribution in [2.75, 3.05) is 24.6 Å². The fourth-order valence-electron chi connectivity index (χ4n) is 3.20. The molecular formula is C17H19N5O3. The van der Waals surface area contributed by atoms with Crippen LogP contribution in [0.15, 0.2) is 35.1 Å². The second kappa shape index (κ2) is 6.64. The second-order valence-corrected chi connectivity index (χ2v) is 6.14. The predicted octanol–water partition coefficient (Wildman–Crippen LogP) is 0.699. The lowest BCUT2D eigenvalue weighted by Crippen LogP contribution is -2.38. The summed E-state index contributed by atoms with van der Waals surface area (Å²) >= 11 is 0. The molecular weight excluding hydrogens is 322 g/mol. The van der Waals surface area contributed by atoms with E-state index in [0.29, 0.717) is 25.6 Å². The van der Waals surface area contributed by atoms with Crippen molar-refractivity contribution in [2.45, 2.75) is 25.5 Å². The minimum absolute atomic E-state index is 0.0164. The zero-order valence-electron chi connectivity index (χ0n) is 13.7. The van der Waals surface area contributed by atoms with Crippen LogP contribution in [0.25, 0.3) is 0 Å². The first-order valence-corrected chi connectivity index (χ1v) is 8.44. The van der Waals surface area contributed by atoms with Gasteiger partial charge in [-0.2, -0.15) is 0 Å². The molecule has 8 nitrogen and oxygen atoms in total. The van der Waals surface area contributed by atoms with Crippen molar-refractivity contribution in [3.8, 4) is 0 Å². The maximum absolute atomic E-state index is 12.6. The highest BCUT2D eigenvalue weighted by Crippen LogP contribution is 2.25. The van der Waals surface area contributed by atoms with Gasteiger partial charge in [-0.1, -0.05) is 18.2 Å². The molecule has 0 radical (unpaired) electrons. The number of hydrogen-bond donors (Lipinski definition) is 1. The molecule has 25 heavy (non-hydrogen) atoms. The molecule has 2 aliphatic heterocycles. The van der Waals surface area contributed by atoms with E-state index in [-0.39, 0.29) is 11.8 Å². The number of benzene rings is 1. The molecule has 1 saturated heterocycles. The number of carbonyl (C=O) groups is 1. The summed E-state index contributed by atoms with van der Waals surface area (Å²) in [6, 6.07) is 9.68. The summed E-state index contributed by atoms with van der Waals surface area (Å²) in [5.74, 6) is -0.0339. The van der Waals surface area contributed by atoms with Crippen LogP contribution < -0.4 is 15.8 Å². The van der Waals surface area contributed by atoms with Crippen molar-refractivity contribution in [3.63, 3.8) is 0 Å². The van der Waals surface area contributed by atoms with Gasteiger partial charge in [0.05, 0.1) is 6.10 Å². The molecule has 2 aliphatic rings. The van der Waals surface area contributed by atoms with Gasteiger partial charge in [0.2, 0.25) is 11.6 Å². The van der Waals surface area contributed by atoms with Gasteiger partial charge in [0.15, 0.2) is 0 Å². The summed E-state index contributed by atoms with van der Waals surface area (Å²) in [6.07, 6.45) is 1.93. The maximum atomic E-state index is 12.6. The topological polar surface area (TPSA) is 89.3 Å². The van der Waals surface area contributed by atoms with E-state index in [9.17, 15) is 9.59 Å². The molecule has 1 N–H and O–H groups in total. The molecule has 0 saturated carbocycles. The van der Waals surface area contributed by atoms with Crippen LogP contribution in [0.5, 0.6) is 0 Å². The quantitative estimate of drug-likeness (QED) is 0.880. The molecule has 1 fully saturated rings. The van der Waals surface area contributed by atoms with E-state index in [1.165, 1.54) is 4.57 Å². The number of nitrogens with one attached hydrogen (secondary N) is 1. The van der Waals surface area contributed by atoms with E-state index in [1.807, 2.05) is 35.2 Å². The molecule has 0 unspecified atom stereocenters. The number of para-hydroxylation sites is 1. The molecule has 1 atom stereocenters. The minimum atomic E-state index is -0.499. The van der Waals surface area contributed by atoms with Crippen molar-refractivity contribution in [2.24, 2.45) is 0 Å². The van der Waals surface area contributed by atoms with Crippen LogP contribution >= 0.6 is 0 Å². The van der Waals surface area contributed by atoms with Crippen molar-refractivity contribution < 1.29 is 9.53 Å². The van der Waals surface area contributed by atoms with Crippen LogP contribution in [0.3, 0.4) is 0 Å². The van der Waals surface area contributed by atoms with Gasteiger partial charge in [-0.3, -0.25) is 14.2 Å². The monoisotopic (exact) mass is 341 g/mol. The number of amides is 1. The zero-order chi connectivity index (χ0) is 17.2. The first-order chi connectivity index (χ1) is 12.2. The molecule has 0 bridgehead atoms. The van der Waals surface area contributed by atoms with E-state index < -0.39 is 11.5 Å². The smallest absolute Gasteiger partial charge is 0.286 e. The number of carbonyl (C=O) groups excluding carboxylic acids is 1. The van der Waals surface area contributed by atoms with Crippen LogP contribution in [0.4, 0.5) is 11.6 Å². The average Bonchev–Trinajstić information content (AvgIpc) is 3.31. The van der Waals surface area contributed by atoms with Gasteiger partial charge in [-0.05, 0) is 25.0 Å². The Morgan fingerprint density at radius 2 is 2.08 bits per heavy atom. The van der Waals surface area contributed by atoms with Gasteiger partial charge in [0, 0.05) is 31.9 Å². The van der Waals surface area contributed by atoms with Crippen molar-refractivity contribution in [1.29, 1.82) is 0 Å². The Morgan fingerprint density at radius 3 is 2.84 bits per heavy atom. The van der Waals surface area contributed by atoms with Gasteiger partial charge in [0.25, 0.3) is 11.5 Å². The van der Waals surface area contributed by atoms with Crippen LogP contribution in [0, 0.1) is 0 Å². The van der Waals surface area contributed by atoms with Crippen molar-refractivity contribution in [3.05, 3.63) is 46.4 Å². The fourth-order valence-corrected chi connectivity index (χ4v) is 3.20. The normalized spacial score (nSPS) is 19.0. The first kappa shape index (κ1) is 15.8. The Bertz CT molecular complexity index is 830. The van der Waals surface area contributed by atoms with E-state index in [0.717, 1.165) is 25.1 Å². The lowest BCUT2D eigenvalue weighted by atomic mass is 10.2. The van der Waals surface area contributed by atoms with Crippen LogP contribution in [-0.4, -0.2) is 46.5 Å². The maximum Gasteiger partial charge on any atom is 0.286 e. The van der Waals surface area contributed by atoms with Crippen molar-refractivity contribution in [1.82, 2.24) is 20.1 Å². The summed E-state index contributed by atoms with van der Waals surface area (Å²) in [5.41, 5.74) is 0.364. The SMILES string of the molecule is O=C(NC[C@@H]1CCCO1)c1nnc2n(c1=O)CCN2c1ccccc1. The largest absolute Gasteiger partial charge is 0.376 e. The van der Waals surface area contributed by atoms with E-state index in [4.69, 9.17) is 4.74 Å². The summed E-state index contributed by atoms with van der Waals surface area (Å²) in [4.78, 5) is 26.8. The van der Waals surface area contributed by atoms with Gasteiger partial charge in [-0.25, -0.2) is 0 Å². The first-order valence-electron chi connectivity index (χ1n) is 8.44. The van der Waals surface area contributed by atoms with Crippen LogP contribution in [-0.2, 0) is 11.3 Å². The Balaban J connectivity index is 1.54. The standard InChI is InChI=1S/C17H19N5O3/c23-15(18-11-13-7-4-10-25-13)14-16(24)22-9-8-21(17(22)20-19-14)12-5-2-1-3-6-12/h1-3,5-6,13H,4,7-11H2,(H,18,23)/t13-/m0/s1. The predicted molar refractivity (Wildman–Crippen MR) is 91.0 cm³/mol. The second-order valence-electron chi connectivity index (χ2n) is 6.14. The molecule has 0 spiro atoms. The van der Waals surface area contributed by atoms with Crippen LogP contribution in [0.2, 0.25) is 0 Å². The number of nitrogens with zero attached hydrogens (tertiary/aromatic N) is 4. The molecule has 130 valence electrons. The Morgan fingerprint density at radius 1 is 1.24 bits per heavy atom. The van der Waals surface area contributed by atoms with E-state index >= 15 is 0 Å². The number of ether oxygens (including phenoxy) is 1. The molecule has 2 aromatic rings. The highest BCUT2D eigenvalue weighted by atomic mass is 16.5. The molecule has 4 rings (SSSR count). The number of hydrogen-bond acceptors (Lipinski definition) is 6. The fraction of sp³-hybridized carbons (Fsp3) is 0.412. The molecule has 1 aromatic heterocycles. The number of anilines is 2. The summed E-state index contributed by atoms with van der Waals surface area (Å²) < 4.78 is 6.97.